The molecule has 1 heterocycles. The second-order valence-electron chi connectivity index (χ2n) is 4.51. The number of aliphatic hydroxyl groups is 1. The van der Waals surface area contributed by atoms with Crippen LogP contribution in [0.3, 0.4) is 0 Å². The number of aryl methyl sites for hydroxylation is 1. The predicted molar refractivity (Wildman–Crippen MR) is 59.3 cm³/mol. The third kappa shape index (κ3) is 3.03. The van der Waals surface area contributed by atoms with Crippen molar-refractivity contribution in [2.45, 2.75) is 38.6 Å². The van der Waals surface area contributed by atoms with Gasteiger partial charge in [0.05, 0.1) is 0 Å². The lowest BCUT2D eigenvalue weighted by Crippen LogP contribution is -2.38. The molecule has 0 saturated heterocycles. The van der Waals surface area contributed by atoms with Crippen LogP contribution in [0.25, 0.3) is 0 Å². The van der Waals surface area contributed by atoms with Gasteiger partial charge in [-0.25, -0.2) is 0 Å². The highest BCUT2D eigenvalue weighted by Crippen LogP contribution is 2.23. The summed E-state index contributed by atoms with van der Waals surface area (Å²) in [5.74, 6) is 0.579. The molecule has 1 fully saturated rings. The van der Waals surface area contributed by atoms with E-state index in [4.69, 9.17) is 9.63 Å². The fourth-order valence-electron chi connectivity index (χ4n) is 2.13. The number of hydrogen-bond donors (Lipinski definition) is 2. The minimum atomic E-state index is -0.283. The quantitative estimate of drug-likeness (QED) is 0.808. The van der Waals surface area contributed by atoms with Crippen molar-refractivity contribution in [3.05, 3.63) is 11.7 Å². The number of carbonyl (C=O) groups excluding carboxylic acids is 1. The van der Waals surface area contributed by atoms with E-state index in [0.29, 0.717) is 11.8 Å². The zero-order chi connectivity index (χ0) is 12.3. The molecule has 1 aromatic heterocycles. The molecule has 2 rings (SSSR count). The molecule has 17 heavy (non-hydrogen) atoms. The number of aliphatic hydroxyl groups excluding tert-OH is 1. The van der Waals surface area contributed by atoms with Crippen LogP contribution in [-0.2, 0) is 0 Å². The van der Waals surface area contributed by atoms with Crippen LogP contribution in [0.15, 0.2) is 4.52 Å². The van der Waals surface area contributed by atoms with Crippen molar-refractivity contribution in [1.29, 1.82) is 0 Å². The highest BCUT2D eigenvalue weighted by atomic mass is 16.5. The summed E-state index contributed by atoms with van der Waals surface area (Å²) >= 11 is 0. The Labute approximate surface area is 99.4 Å². The van der Waals surface area contributed by atoms with Gasteiger partial charge in [-0.05, 0) is 31.6 Å². The minimum Gasteiger partial charge on any atom is -0.396 e. The molecule has 1 amide bonds. The lowest BCUT2D eigenvalue weighted by atomic mass is 9.86. The second-order valence-corrected chi connectivity index (χ2v) is 4.51. The number of nitrogens with zero attached hydrogens (tertiary/aromatic N) is 2. The average Bonchev–Trinajstić information content (AvgIpc) is 2.77. The van der Waals surface area contributed by atoms with Gasteiger partial charge in [0.15, 0.2) is 0 Å². The van der Waals surface area contributed by atoms with Gasteiger partial charge in [0.1, 0.15) is 0 Å². The monoisotopic (exact) mass is 239 g/mol. The van der Waals surface area contributed by atoms with Gasteiger partial charge in [0, 0.05) is 19.6 Å². The molecule has 1 aliphatic carbocycles. The summed E-state index contributed by atoms with van der Waals surface area (Å²) in [4.78, 5) is 15.6. The van der Waals surface area contributed by atoms with Gasteiger partial charge in [-0.2, -0.15) is 4.98 Å². The molecule has 0 unspecified atom stereocenters. The lowest BCUT2D eigenvalue weighted by molar-refractivity contribution is 0.0900. The zero-order valence-electron chi connectivity index (χ0n) is 9.85. The topological polar surface area (TPSA) is 88.2 Å². The van der Waals surface area contributed by atoms with E-state index in [1.807, 2.05) is 0 Å². The molecule has 94 valence electrons. The fourth-order valence-corrected chi connectivity index (χ4v) is 2.13. The van der Waals surface area contributed by atoms with Crippen LogP contribution < -0.4 is 5.32 Å². The molecular formula is C11H17N3O3. The molecule has 6 heteroatoms. The lowest BCUT2D eigenvalue weighted by Gasteiger charge is -2.27. The maximum absolute atomic E-state index is 11.7. The number of carbonyl (C=O) groups is 1. The van der Waals surface area contributed by atoms with Crippen LogP contribution in [0.2, 0.25) is 0 Å². The third-order valence-corrected chi connectivity index (χ3v) is 3.17. The van der Waals surface area contributed by atoms with Crippen LogP contribution in [0.4, 0.5) is 0 Å². The first kappa shape index (κ1) is 12.0. The van der Waals surface area contributed by atoms with E-state index in [1.54, 1.807) is 6.92 Å². The second kappa shape index (κ2) is 5.27. The van der Waals surface area contributed by atoms with Gasteiger partial charge in [-0.1, -0.05) is 5.16 Å². The number of rotatable bonds is 3. The Bertz CT molecular complexity index is 383. The van der Waals surface area contributed by atoms with Crippen molar-refractivity contribution in [3.63, 3.8) is 0 Å². The Kier molecular flexibility index (Phi) is 3.73. The number of amides is 1. The first-order chi connectivity index (χ1) is 8.19. The minimum absolute atomic E-state index is 0.0896. The molecular weight excluding hydrogens is 222 g/mol. The molecule has 1 aromatic rings. The summed E-state index contributed by atoms with van der Waals surface area (Å²) < 4.78 is 4.75. The van der Waals surface area contributed by atoms with Gasteiger partial charge in [-0.15, -0.1) is 0 Å². The van der Waals surface area contributed by atoms with Crippen molar-refractivity contribution >= 4 is 5.91 Å². The van der Waals surface area contributed by atoms with E-state index in [9.17, 15) is 4.79 Å². The third-order valence-electron chi connectivity index (χ3n) is 3.17. The Hall–Kier alpha value is -1.43. The highest BCUT2D eigenvalue weighted by Gasteiger charge is 2.23. The molecule has 2 N–H and O–H groups in total. The van der Waals surface area contributed by atoms with E-state index in [2.05, 4.69) is 15.5 Å². The number of nitrogens with one attached hydrogen (secondary N) is 1. The number of aromatic nitrogens is 2. The van der Waals surface area contributed by atoms with Crippen LogP contribution in [0.5, 0.6) is 0 Å². The molecule has 1 aliphatic rings. The molecule has 0 atom stereocenters. The summed E-state index contributed by atoms with van der Waals surface area (Å²) in [6.45, 7) is 1.89. The van der Waals surface area contributed by atoms with Crippen molar-refractivity contribution in [2.24, 2.45) is 5.92 Å². The van der Waals surface area contributed by atoms with Crippen LogP contribution in [0, 0.1) is 12.8 Å². The largest absolute Gasteiger partial charge is 0.396 e. The Morgan fingerprint density at radius 1 is 1.47 bits per heavy atom. The molecule has 0 aliphatic heterocycles. The Morgan fingerprint density at radius 3 is 2.71 bits per heavy atom. The molecule has 0 bridgehead atoms. The fraction of sp³-hybridized carbons (Fsp3) is 0.727. The Morgan fingerprint density at radius 2 is 2.18 bits per heavy atom. The van der Waals surface area contributed by atoms with Crippen molar-refractivity contribution < 1.29 is 14.4 Å². The Balaban J connectivity index is 1.84. The first-order valence-corrected chi connectivity index (χ1v) is 5.91. The van der Waals surface area contributed by atoms with E-state index < -0.39 is 0 Å². The van der Waals surface area contributed by atoms with Gasteiger partial charge < -0.3 is 14.9 Å². The van der Waals surface area contributed by atoms with Gasteiger partial charge >= 0.3 is 0 Å². The normalized spacial score (nSPS) is 24.6. The standard InChI is InChI=1S/C11H17N3O3/c1-7-12-10(14-17-7)11(16)13-9-4-2-8(6-15)3-5-9/h8-9,15H,2-6H2,1H3,(H,13,16). The summed E-state index contributed by atoms with van der Waals surface area (Å²) in [5, 5.41) is 15.5. The van der Waals surface area contributed by atoms with E-state index in [0.717, 1.165) is 25.7 Å². The summed E-state index contributed by atoms with van der Waals surface area (Å²) in [6, 6.07) is 0.157. The van der Waals surface area contributed by atoms with Crippen molar-refractivity contribution in [3.8, 4) is 0 Å². The van der Waals surface area contributed by atoms with Crippen molar-refractivity contribution in [1.82, 2.24) is 15.5 Å². The van der Waals surface area contributed by atoms with Gasteiger partial charge in [-0.3, -0.25) is 4.79 Å². The molecule has 1 saturated carbocycles. The summed E-state index contributed by atoms with van der Waals surface area (Å²) in [7, 11) is 0. The van der Waals surface area contributed by atoms with Crippen LogP contribution in [-0.4, -0.2) is 33.8 Å². The van der Waals surface area contributed by atoms with Crippen LogP contribution >= 0.6 is 0 Å². The first-order valence-electron chi connectivity index (χ1n) is 5.91. The molecule has 0 radical (unpaired) electrons. The van der Waals surface area contributed by atoms with Gasteiger partial charge in [0.2, 0.25) is 5.89 Å². The average molecular weight is 239 g/mol. The molecule has 0 spiro atoms. The van der Waals surface area contributed by atoms with E-state index in [-0.39, 0.29) is 24.4 Å². The molecule has 6 nitrogen and oxygen atoms in total. The predicted octanol–water partition coefficient (Wildman–Crippen LogP) is 0.659. The maximum Gasteiger partial charge on any atom is 0.292 e. The van der Waals surface area contributed by atoms with Crippen LogP contribution in [0.1, 0.15) is 42.2 Å². The van der Waals surface area contributed by atoms with Gasteiger partial charge in [0.25, 0.3) is 11.7 Å². The summed E-state index contributed by atoms with van der Waals surface area (Å²) in [5.41, 5.74) is 0. The van der Waals surface area contributed by atoms with E-state index in [1.165, 1.54) is 0 Å². The zero-order valence-corrected chi connectivity index (χ0v) is 9.85. The van der Waals surface area contributed by atoms with E-state index >= 15 is 0 Å². The molecule has 0 aromatic carbocycles. The SMILES string of the molecule is Cc1nc(C(=O)NC2CCC(CO)CC2)no1. The van der Waals surface area contributed by atoms with Crippen molar-refractivity contribution in [2.75, 3.05) is 6.61 Å². The summed E-state index contributed by atoms with van der Waals surface area (Å²) in [6.07, 6.45) is 3.70. The highest BCUT2D eigenvalue weighted by molar-refractivity contribution is 5.90. The number of hydrogen-bond acceptors (Lipinski definition) is 5. The smallest absolute Gasteiger partial charge is 0.292 e. The maximum atomic E-state index is 11.7.